The molecule has 0 radical (unpaired) electrons. The number of nitrogens with one attached hydrogen (secondary N) is 1. The van der Waals surface area contributed by atoms with Crippen LogP contribution in [0.1, 0.15) is 5.56 Å². The monoisotopic (exact) mass is 392 g/mol. The lowest BCUT2D eigenvalue weighted by atomic mass is 10.1. The quantitative estimate of drug-likeness (QED) is 0.860. The predicted molar refractivity (Wildman–Crippen MR) is 108 cm³/mol. The maximum atomic E-state index is 5.71. The number of aromatic nitrogens is 1. The second kappa shape index (κ2) is 12.0. The van der Waals surface area contributed by atoms with Gasteiger partial charge in [-0.05, 0) is 30.2 Å². The first-order chi connectivity index (χ1) is 13.9. The van der Waals surface area contributed by atoms with E-state index in [1.165, 1.54) is 10.9 Å². The molecule has 1 aliphatic rings. The summed E-state index contributed by atoms with van der Waals surface area (Å²) in [6.07, 6.45) is 3.05. The zero-order valence-corrected chi connectivity index (χ0v) is 16.8. The number of methoxy groups -OCH3 is 1. The molecule has 2 heterocycles. The molecule has 156 valence electrons. The summed E-state index contributed by atoms with van der Waals surface area (Å²) in [7, 11) is 1.70. The largest absolute Gasteiger partial charge is 0.497 e. The van der Waals surface area contributed by atoms with Gasteiger partial charge in [0.25, 0.3) is 0 Å². The van der Waals surface area contributed by atoms with Gasteiger partial charge in [-0.3, -0.25) is 4.90 Å². The standard InChI is InChI=1S/C21H32N2O5/c1-24-19-2-3-21-20(16-19)18(17-22-21)4-5-23-6-8-25-10-12-27-14-15-28-13-11-26-9-7-23/h2-3,16-17,22H,4-15H2,1H3. The average molecular weight is 392 g/mol. The van der Waals surface area contributed by atoms with Gasteiger partial charge in [-0.2, -0.15) is 0 Å². The number of fused-ring (bicyclic) bond motifs is 1. The molecule has 0 saturated carbocycles. The highest BCUT2D eigenvalue weighted by Crippen LogP contribution is 2.24. The summed E-state index contributed by atoms with van der Waals surface area (Å²) in [6.45, 7) is 7.76. The molecule has 0 atom stereocenters. The van der Waals surface area contributed by atoms with Crippen molar-refractivity contribution in [1.82, 2.24) is 9.88 Å². The number of hydrogen-bond donors (Lipinski definition) is 1. The van der Waals surface area contributed by atoms with Crippen LogP contribution in [0.4, 0.5) is 0 Å². The Labute approximate surface area is 166 Å². The highest BCUT2D eigenvalue weighted by molar-refractivity contribution is 5.84. The van der Waals surface area contributed by atoms with Gasteiger partial charge in [-0.1, -0.05) is 0 Å². The van der Waals surface area contributed by atoms with Crippen LogP contribution in [0.15, 0.2) is 24.4 Å². The van der Waals surface area contributed by atoms with Crippen LogP contribution in [-0.4, -0.2) is 89.5 Å². The molecule has 0 bridgehead atoms. The smallest absolute Gasteiger partial charge is 0.119 e. The molecule has 3 rings (SSSR count). The Morgan fingerprint density at radius 3 is 2.11 bits per heavy atom. The number of benzene rings is 1. The molecule has 1 fully saturated rings. The SMILES string of the molecule is COc1ccc2[nH]cc(CCN3CCOCCOCCOCCOCC3)c2c1. The lowest BCUT2D eigenvalue weighted by Gasteiger charge is -2.22. The molecule has 1 aromatic heterocycles. The molecule has 2 aromatic rings. The van der Waals surface area contributed by atoms with E-state index in [1.54, 1.807) is 7.11 Å². The van der Waals surface area contributed by atoms with E-state index in [-0.39, 0.29) is 0 Å². The second-order valence-corrected chi connectivity index (χ2v) is 6.77. The maximum absolute atomic E-state index is 5.71. The van der Waals surface area contributed by atoms with Crippen LogP contribution in [0.3, 0.4) is 0 Å². The molecule has 28 heavy (non-hydrogen) atoms. The van der Waals surface area contributed by atoms with Crippen LogP contribution < -0.4 is 4.74 Å². The first kappa shape index (κ1) is 21.1. The number of hydrogen-bond acceptors (Lipinski definition) is 6. The summed E-state index contributed by atoms with van der Waals surface area (Å²) in [5, 5.41) is 1.22. The van der Waals surface area contributed by atoms with Crippen molar-refractivity contribution >= 4 is 10.9 Å². The summed E-state index contributed by atoms with van der Waals surface area (Å²) in [4.78, 5) is 5.74. The summed E-state index contributed by atoms with van der Waals surface area (Å²) >= 11 is 0. The average Bonchev–Trinajstić information content (AvgIpc) is 3.12. The summed E-state index contributed by atoms with van der Waals surface area (Å²) in [5.41, 5.74) is 2.44. The van der Waals surface area contributed by atoms with Crippen molar-refractivity contribution in [3.05, 3.63) is 30.0 Å². The third kappa shape index (κ3) is 6.76. The van der Waals surface area contributed by atoms with Gasteiger partial charge in [-0.15, -0.1) is 0 Å². The van der Waals surface area contributed by atoms with Crippen molar-refractivity contribution in [1.29, 1.82) is 0 Å². The summed E-state index contributed by atoms with van der Waals surface area (Å²) < 4.78 is 27.7. The molecule has 1 saturated heterocycles. The molecule has 1 N–H and O–H groups in total. The highest BCUT2D eigenvalue weighted by Gasteiger charge is 2.10. The van der Waals surface area contributed by atoms with Crippen LogP contribution >= 0.6 is 0 Å². The second-order valence-electron chi connectivity index (χ2n) is 6.77. The third-order valence-corrected chi connectivity index (χ3v) is 4.89. The normalized spacial score (nSPS) is 19.2. The van der Waals surface area contributed by atoms with Crippen LogP contribution in [0, 0.1) is 0 Å². The Morgan fingerprint density at radius 2 is 1.50 bits per heavy atom. The van der Waals surface area contributed by atoms with Crippen LogP contribution in [-0.2, 0) is 25.4 Å². The van der Waals surface area contributed by atoms with Crippen LogP contribution in [0.5, 0.6) is 5.75 Å². The topological polar surface area (TPSA) is 65.2 Å². The highest BCUT2D eigenvalue weighted by atomic mass is 16.6. The van der Waals surface area contributed by atoms with Crippen molar-refractivity contribution in [2.45, 2.75) is 6.42 Å². The Balaban J connectivity index is 1.53. The fraction of sp³-hybridized carbons (Fsp3) is 0.619. The van der Waals surface area contributed by atoms with E-state index in [2.05, 4.69) is 28.2 Å². The first-order valence-corrected chi connectivity index (χ1v) is 10.0. The van der Waals surface area contributed by atoms with Crippen LogP contribution in [0.2, 0.25) is 0 Å². The Morgan fingerprint density at radius 1 is 0.893 bits per heavy atom. The predicted octanol–water partition coefficient (Wildman–Crippen LogP) is 2.10. The van der Waals surface area contributed by atoms with Crippen molar-refractivity contribution < 1.29 is 23.7 Å². The van der Waals surface area contributed by atoms with E-state index in [0.29, 0.717) is 52.9 Å². The van der Waals surface area contributed by atoms with Gasteiger partial charge >= 0.3 is 0 Å². The Kier molecular flexibility index (Phi) is 9.06. The van der Waals surface area contributed by atoms with E-state index in [4.69, 9.17) is 23.7 Å². The zero-order chi connectivity index (χ0) is 19.4. The molecule has 1 aliphatic heterocycles. The molecular weight excluding hydrogens is 360 g/mol. The number of aromatic amines is 1. The fourth-order valence-corrected chi connectivity index (χ4v) is 3.25. The van der Waals surface area contributed by atoms with Crippen molar-refractivity contribution in [2.24, 2.45) is 0 Å². The van der Waals surface area contributed by atoms with Gasteiger partial charge in [0.1, 0.15) is 5.75 Å². The Hall–Kier alpha value is -1.64. The molecule has 0 spiro atoms. The van der Waals surface area contributed by atoms with Gasteiger partial charge < -0.3 is 28.7 Å². The summed E-state index contributed by atoms with van der Waals surface area (Å²) in [6, 6.07) is 6.14. The van der Waals surface area contributed by atoms with Crippen LogP contribution in [0.25, 0.3) is 10.9 Å². The minimum atomic E-state index is 0.602. The van der Waals surface area contributed by atoms with Gasteiger partial charge in [0, 0.05) is 36.7 Å². The molecule has 1 aromatic carbocycles. The molecule has 7 nitrogen and oxygen atoms in total. The van der Waals surface area contributed by atoms with Crippen molar-refractivity contribution in [3.63, 3.8) is 0 Å². The molecule has 0 amide bonds. The van der Waals surface area contributed by atoms with Crippen molar-refractivity contribution in [2.75, 3.05) is 79.6 Å². The molecule has 7 heteroatoms. The Bertz CT molecular complexity index is 674. The van der Waals surface area contributed by atoms with Gasteiger partial charge in [0.05, 0.1) is 60.0 Å². The number of rotatable bonds is 4. The first-order valence-electron chi connectivity index (χ1n) is 10.0. The fourth-order valence-electron chi connectivity index (χ4n) is 3.25. The minimum Gasteiger partial charge on any atom is -0.497 e. The van der Waals surface area contributed by atoms with Gasteiger partial charge in [0.2, 0.25) is 0 Å². The lowest BCUT2D eigenvalue weighted by molar-refractivity contribution is 0.00206. The number of nitrogens with zero attached hydrogens (tertiary/aromatic N) is 1. The number of ether oxygens (including phenoxy) is 5. The number of H-pyrrole nitrogens is 1. The molecule has 0 aliphatic carbocycles. The van der Waals surface area contributed by atoms with E-state index in [1.807, 2.05) is 6.07 Å². The van der Waals surface area contributed by atoms with E-state index in [0.717, 1.165) is 37.3 Å². The molecule has 0 unspecified atom stereocenters. The summed E-state index contributed by atoms with van der Waals surface area (Å²) in [5.74, 6) is 0.883. The van der Waals surface area contributed by atoms with E-state index < -0.39 is 0 Å². The minimum absolute atomic E-state index is 0.602. The molecular formula is C21H32N2O5. The van der Waals surface area contributed by atoms with E-state index >= 15 is 0 Å². The van der Waals surface area contributed by atoms with Gasteiger partial charge in [0.15, 0.2) is 0 Å². The maximum Gasteiger partial charge on any atom is 0.119 e. The third-order valence-electron chi connectivity index (χ3n) is 4.89. The van der Waals surface area contributed by atoms with Gasteiger partial charge in [-0.25, -0.2) is 0 Å². The lowest BCUT2D eigenvalue weighted by Crippen LogP contribution is -2.33. The zero-order valence-electron chi connectivity index (χ0n) is 16.8. The van der Waals surface area contributed by atoms with E-state index in [9.17, 15) is 0 Å². The van der Waals surface area contributed by atoms with Crippen molar-refractivity contribution in [3.8, 4) is 5.75 Å².